The summed E-state index contributed by atoms with van der Waals surface area (Å²) < 4.78 is 26.4. The lowest BCUT2D eigenvalue weighted by atomic mass is 10.1. The normalized spacial score (nSPS) is 9.90. The molecular formula is C14H7BrF2N2O. The first kappa shape index (κ1) is 14.2. The van der Waals surface area contributed by atoms with E-state index in [1.165, 1.54) is 24.3 Å². The highest BCUT2D eigenvalue weighted by atomic mass is 79.9. The van der Waals surface area contributed by atoms with Crippen molar-refractivity contribution in [2.45, 2.75) is 0 Å². The largest absolute Gasteiger partial charge is 0.322 e. The molecule has 0 aliphatic rings. The van der Waals surface area contributed by atoms with Gasteiger partial charge in [0.15, 0.2) is 0 Å². The highest BCUT2D eigenvalue weighted by Crippen LogP contribution is 2.19. The van der Waals surface area contributed by atoms with Crippen molar-refractivity contribution in [1.29, 1.82) is 5.26 Å². The predicted molar refractivity (Wildman–Crippen MR) is 73.2 cm³/mol. The highest BCUT2D eigenvalue weighted by molar-refractivity contribution is 9.10. The van der Waals surface area contributed by atoms with Crippen molar-refractivity contribution in [3.05, 3.63) is 63.6 Å². The fourth-order valence-electron chi connectivity index (χ4n) is 1.53. The van der Waals surface area contributed by atoms with Gasteiger partial charge in [-0.2, -0.15) is 5.26 Å². The Morgan fingerprint density at radius 2 is 1.85 bits per heavy atom. The molecule has 0 radical (unpaired) electrons. The van der Waals surface area contributed by atoms with Crippen molar-refractivity contribution in [2.24, 2.45) is 0 Å². The molecule has 0 saturated heterocycles. The topological polar surface area (TPSA) is 52.9 Å². The van der Waals surface area contributed by atoms with Gasteiger partial charge in [0, 0.05) is 11.3 Å². The second-order valence-electron chi connectivity index (χ2n) is 3.89. The van der Waals surface area contributed by atoms with Gasteiger partial charge in [-0.1, -0.05) is 0 Å². The van der Waals surface area contributed by atoms with Gasteiger partial charge in [0.1, 0.15) is 17.7 Å². The van der Waals surface area contributed by atoms with Crippen LogP contribution in [0.5, 0.6) is 0 Å². The number of carbonyl (C=O) groups is 1. The van der Waals surface area contributed by atoms with Gasteiger partial charge in [0.2, 0.25) is 0 Å². The van der Waals surface area contributed by atoms with Crippen LogP contribution in [-0.4, -0.2) is 5.91 Å². The summed E-state index contributed by atoms with van der Waals surface area (Å²) in [5.74, 6) is -1.62. The zero-order chi connectivity index (χ0) is 14.7. The van der Waals surface area contributed by atoms with Crippen molar-refractivity contribution in [2.75, 3.05) is 5.32 Å². The van der Waals surface area contributed by atoms with Crippen LogP contribution in [0.25, 0.3) is 0 Å². The third-order valence-electron chi connectivity index (χ3n) is 2.53. The third kappa shape index (κ3) is 3.00. The number of rotatable bonds is 2. The Kier molecular flexibility index (Phi) is 4.11. The molecule has 1 amide bonds. The molecule has 0 unspecified atom stereocenters. The van der Waals surface area contributed by atoms with Crippen LogP contribution in [-0.2, 0) is 0 Å². The molecule has 0 bridgehead atoms. The van der Waals surface area contributed by atoms with Crippen LogP contribution >= 0.6 is 15.9 Å². The van der Waals surface area contributed by atoms with Crippen LogP contribution in [0.1, 0.15) is 15.9 Å². The zero-order valence-electron chi connectivity index (χ0n) is 9.95. The summed E-state index contributed by atoms with van der Waals surface area (Å²) in [6.07, 6.45) is 0. The third-order valence-corrected chi connectivity index (χ3v) is 3.13. The van der Waals surface area contributed by atoms with E-state index in [2.05, 4.69) is 21.2 Å². The first-order valence-corrected chi connectivity index (χ1v) is 6.26. The fourth-order valence-corrected chi connectivity index (χ4v) is 1.91. The number of hydrogen-bond acceptors (Lipinski definition) is 2. The maximum Gasteiger partial charge on any atom is 0.255 e. The molecule has 2 rings (SSSR count). The number of amides is 1. The molecule has 1 N–H and O–H groups in total. The summed E-state index contributed by atoms with van der Waals surface area (Å²) in [5.41, 5.74) is 0.359. The number of benzene rings is 2. The lowest BCUT2D eigenvalue weighted by Crippen LogP contribution is -2.12. The first-order valence-electron chi connectivity index (χ1n) is 5.47. The van der Waals surface area contributed by atoms with E-state index in [0.717, 1.165) is 12.1 Å². The van der Waals surface area contributed by atoms with E-state index in [1.807, 2.05) is 0 Å². The molecule has 2 aromatic rings. The Balaban J connectivity index is 2.23. The van der Waals surface area contributed by atoms with E-state index < -0.39 is 17.5 Å². The molecule has 100 valence electrons. The number of halogens is 3. The Hall–Kier alpha value is -2.26. The van der Waals surface area contributed by atoms with Crippen molar-refractivity contribution in [3.8, 4) is 6.07 Å². The maximum atomic E-state index is 13.1. The molecule has 0 saturated carbocycles. The molecule has 20 heavy (non-hydrogen) atoms. The lowest BCUT2D eigenvalue weighted by Gasteiger charge is -2.06. The molecule has 0 spiro atoms. The minimum absolute atomic E-state index is 0.164. The molecule has 0 atom stereocenters. The molecule has 0 fully saturated rings. The van der Waals surface area contributed by atoms with E-state index in [-0.39, 0.29) is 21.3 Å². The average molecular weight is 337 g/mol. The maximum absolute atomic E-state index is 13.1. The van der Waals surface area contributed by atoms with Crippen molar-refractivity contribution in [1.82, 2.24) is 0 Å². The summed E-state index contributed by atoms with van der Waals surface area (Å²) >= 11 is 2.98. The fraction of sp³-hybridized carbons (Fsp3) is 0. The van der Waals surface area contributed by atoms with Crippen LogP contribution in [0.4, 0.5) is 14.5 Å². The summed E-state index contributed by atoms with van der Waals surface area (Å²) in [6, 6.07) is 9.16. The van der Waals surface area contributed by atoms with Crippen LogP contribution in [0.3, 0.4) is 0 Å². The van der Waals surface area contributed by atoms with Crippen LogP contribution in [0, 0.1) is 23.0 Å². The molecule has 3 nitrogen and oxygen atoms in total. The predicted octanol–water partition coefficient (Wildman–Crippen LogP) is 3.85. The van der Waals surface area contributed by atoms with Gasteiger partial charge in [-0.3, -0.25) is 4.79 Å². The number of nitriles is 1. The molecule has 0 aliphatic carbocycles. The molecule has 2 aromatic carbocycles. The van der Waals surface area contributed by atoms with E-state index >= 15 is 0 Å². The molecule has 0 heterocycles. The standard InChI is InChI=1S/C14H7BrF2N2O/c15-11-6-8(1-3-13(11)17)14(20)19-10-2-4-12(16)9(5-10)7-18/h1-6H,(H,19,20). The van der Waals surface area contributed by atoms with Crippen LogP contribution in [0.15, 0.2) is 40.9 Å². The molecule has 0 aliphatic heterocycles. The Morgan fingerprint density at radius 3 is 2.50 bits per heavy atom. The molecule has 0 aromatic heterocycles. The number of carbonyl (C=O) groups excluding carboxylic acids is 1. The summed E-state index contributed by atoms with van der Waals surface area (Å²) in [7, 11) is 0. The Morgan fingerprint density at radius 1 is 1.15 bits per heavy atom. The summed E-state index contributed by atoms with van der Waals surface area (Å²) in [6.45, 7) is 0. The van der Waals surface area contributed by atoms with Crippen LogP contribution in [0.2, 0.25) is 0 Å². The van der Waals surface area contributed by atoms with Gasteiger partial charge < -0.3 is 5.32 Å². The minimum Gasteiger partial charge on any atom is -0.322 e. The summed E-state index contributed by atoms with van der Waals surface area (Å²) in [5, 5.41) is 11.2. The minimum atomic E-state index is -0.657. The van der Waals surface area contributed by atoms with E-state index in [4.69, 9.17) is 5.26 Å². The smallest absolute Gasteiger partial charge is 0.255 e. The van der Waals surface area contributed by atoms with Gasteiger partial charge in [-0.15, -0.1) is 0 Å². The zero-order valence-corrected chi connectivity index (χ0v) is 11.5. The van der Waals surface area contributed by atoms with Gasteiger partial charge in [0.05, 0.1) is 10.0 Å². The van der Waals surface area contributed by atoms with E-state index in [0.29, 0.717) is 0 Å². The monoisotopic (exact) mass is 336 g/mol. The van der Waals surface area contributed by atoms with Gasteiger partial charge >= 0.3 is 0 Å². The van der Waals surface area contributed by atoms with E-state index in [1.54, 1.807) is 6.07 Å². The lowest BCUT2D eigenvalue weighted by molar-refractivity contribution is 0.102. The quantitative estimate of drug-likeness (QED) is 0.905. The van der Waals surface area contributed by atoms with Gasteiger partial charge in [-0.25, -0.2) is 8.78 Å². The number of anilines is 1. The van der Waals surface area contributed by atoms with Crippen LogP contribution < -0.4 is 5.32 Å². The number of nitrogens with zero attached hydrogens (tertiary/aromatic N) is 1. The van der Waals surface area contributed by atoms with E-state index in [9.17, 15) is 13.6 Å². The first-order chi connectivity index (χ1) is 9.51. The molecular weight excluding hydrogens is 330 g/mol. The van der Waals surface area contributed by atoms with Crippen molar-refractivity contribution < 1.29 is 13.6 Å². The highest BCUT2D eigenvalue weighted by Gasteiger charge is 2.10. The van der Waals surface area contributed by atoms with Crippen molar-refractivity contribution >= 4 is 27.5 Å². The molecule has 6 heteroatoms. The van der Waals surface area contributed by atoms with Gasteiger partial charge in [-0.05, 0) is 52.3 Å². The second kappa shape index (κ2) is 5.80. The second-order valence-corrected chi connectivity index (χ2v) is 4.74. The Labute approximate surface area is 122 Å². The van der Waals surface area contributed by atoms with Gasteiger partial charge in [0.25, 0.3) is 5.91 Å². The number of nitrogens with one attached hydrogen (secondary N) is 1. The average Bonchev–Trinajstić information content (AvgIpc) is 2.43. The number of hydrogen-bond donors (Lipinski definition) is 1. The Bertz CT molecular complexity index is 726. The van der Waals surface area contributed by atoms with Crippen molar-refractivity contribution in [3.63, 3.8) is 0 Å². The SMILES string of the molecule is N#Cc1cc(NC(=O)c2ccc(F)c(Br)c2)ccc1F. The summed E-state index contributed by atoms with van der Waals surface area (Å²) in [4.78, 5) is 11.9.